The van der Waals surface area contributed by atoms with Gasteiger partial charge in [0.2, 0.25) is 0 Å². The van der Waals surface area contributed by atoms with Gasteiger partial charge in [0, 0.05) is 25.8 Å². The summed E-state index contributed by atoms with van der Waals surface area (Å²) in [6.07, 6.45) is 5.81. The van der Waals surface area contributed by atoms with Gasteiger partial charge in [-0.1, -0.05) is 0 Å². The molecule has 3 heteroatoms. The number of ether oxygens (including phenoxy) is 1. The third kappa shape index (κ3) is 3.44. The standard InChI is InChI=1S/C13H25NO2/c1-11(15)9-13-3-2-6-14(13)10-12-4-7-16-8-5-12/h11-13,15H,2-10H2,1H3. The molecule has 0 aliphatic carbocycles. The third-order valence-corrected chi connectivity index (χ3v) is 3.95. The fourth-order valence-corrected chi connectivity index (χ4v) is 3.06. The van der Waals surface area contributed by atoms with Crippen LogP contribution in [-0.2, 0) is 4.74 Å². The molecule has 2 saturated heterocycles. The first-order chi connectivity index (χ1) is 7.75. The van der Waals surface area contributed by atoms with Gasteiger partial charge in [-0.3, -0.25) is 0 Å². The van der Waals surface area contributed by atoms with Gasteiger partial charge in [-0.25, -0.2) is 0 Å². The minimum absolute atomic E-state index is 0.153. The summed E-state index contributed by atoms with van der Waals surface area (Å²) in [4.78, 5) is 2.60. The Morgan fingerprint density at radius 1 is 1.31 bits per heavy atom. The van der Waals surface area contributed by atoms with Crippen molar-refractivity contribution < 1.29 is 9.84 Å². The van der Waals surface area contributed by atoms with Gasteiger partial charge in [0.25, 0.3) is 0 Å². The maximum atomic E-state index is 9.49. The van der Waals surface area contributed by atoms with Gasteiger partial charge in [-0.05, 0) is 51.5 Å². The van der Waals surface area contributed by atoms with Crippen molar-refractivity contribution in [3.63, 3.8) is 0 Å². The van der Waals surface area contributed by atoms with Gasteiger partial charge >= 0.3 is 0 Å². The van der Waals surface area contributed by atoms with Crippen molar-refractivity contribution in [2.75, 3.05) is 26.3 Å². The molecular formula is C13H25NO2. The maximum Gasteiger partial charge on any atom is 0.0527 e. The number of aliphatic hydroxyl groups is 1. The summed E-state index contributed by atoms with van der Waals surface area (Å²) in [6, 6.07) is 0.628. The lowest BCUT2D eigenvalue weighted by molar-refractivity contribution is 0.0463. The minimum Gasteiger partial charge on any atom is -0.393 e. The summed E-state index contributed by atoms with van der Waals surface area (Å²) in [5.41, 5.74) is 0. The molecule has 2 rings (SSSR count). The lowest BCUT2D eigenvalue weighted by Crippen LogP contribution is -2.37. The van der Waals surface area contributed by atoms with Gasteiger partial charge in [-0.15, -0.1) is 0 Å². The number of rotatable bonds is 4. The molecule has 2 unspecified atom stereocenters. The highest BCUT2D eigenvalue weighted by Crippen LogP contribution is 2.25. The van der Waals surface area contributed by atoms with Crippen molar-refractivity contribution in [2.24, 2.45) is 5.92 Å². The quantitative estimate of drug-likeness (QED) is 0.792. The highest BCUT2D eigenvalue weighted by Gasteiger charge is 2.28. The first kappa shape index (κ1) is 12.3. The molecule has 3 nitrogen and oxygen atoms in total. The van der Waals surface area contributed by atoms with E-state index < -0.39 is 0 Å². The molecule has 0 aromatic heterocycles. The molecule has 2 atom stereocenters. The predicted molar refractivity (Wildman–Crippen MR) is 64.4 cm³/mol. The van der Waals surface area contributed by atoms with Gasteiger partial charge in [0.15, 0.2) is 0 Å². The van der Waals surface area contributed by atoms with E-state index in [4.69, 9.17) is 4.74 Å². The number of nitrogens with zero attached hydrogens (tertiary/aromatic N) is 1. The highest BCUT2D eigenvalue weighted by atomic mass is 16.5. The first-order valence-corrected chi connectivity index (χ1v) is 6.75. The summed E-state index contributed by atoms with van der Waals surface area (Å²) in [5, 5.41) is 9.49. The molecule has 0 radical (unpaired) electrons. The number of hydrogen-bond donors (Lipinski definition) is 1. The van der Waals surface area contributed by atoms with Crippen molar-refractivity contribution in [2.45, 2.75) is 51.2 Å². The SMILES string of the molecule is CC(O)CC1CCCN1CC1CCOCC1. The van der Waals surface area contributed by atoms with Crippen LogP contribution in [0.15, 0.2) is 0 Å². The molecule has 0 amide bonds. The topological polar surface area (TPSA) is 32.7 Å². The van der Waals surface area contributed by atoms with Crippen LogP contribution in [0.3, 0.4) is 0 Å². The predicted octanol–water partition coefficient (Wildman–Crippen LogP) is 1.65. The molecule has 0 aromatic carbocycles. The minimum atomic E-state index is -0.153. The molecule has 0 saturated carbocycles. The van der Waals surface area contributed by atoms with Gasteiger partial charge in [0.1, 0.15) is 0 Å². The van der Waals surface area contributed by atoms with E-state index in [-0.39, 0.29) is 6.10 Å². The summed E-state index contributed by atoms with van der Waals surface area (Å²) < 4.78 is 5.40. The Kier molecular flexibility index (Phi) is 4.62. The maximum absolute atomic E-state index is 9.49. The van der Waals surface area contributed by atoms with Crippen LogP contribution in [0.2, 0.25) is 0 Å². The smallest absolute Gasteiger partial charge is 0.0527 e. The average Bonchev–Trinajstić information content (AvgIpc) is 2.66. The highest BCUT2D eigenvalue weighted by molar-refractivity contribution is 4.82. The molecule has 1 N–H and O–H groups in total. The van der Waals surface area contributed by atoms with Crippen LogP contribution in [0.1, 0.15) is 39.0 Å². The normalized spacial score (nSPS) is 30.8. The molecule has 2 aliphatic heterocycles. The molecule has 2 heterocycles. The lowest BCUT2D eigenvalue weighted by Gasteiger charge is -2.31. The van der Waals surface area contributed by atoms with Gasteiger partial charge in [0.05, 0.1) is 6.10 Å². The van der Waals surface area contributed by atoms with Crippen LogP contribution in [0, 0.1) is 5.92 Å². The second-order valence-corrected chi connectivity index (χ2v) is 5.43. The van der Waals surface area contributed by atoms with Crippen molar-refractivity contribution in [1.82, 2.24) is 4.90 Å². The molecular weight excluding hydrogens is 202 g/mol. The van der Waals surface area contributed by atoms with Gasteiger partial charge in [-0.2, -0.15) is 0 Å². The zero-order chi connectivity index (χ0) is 11.4. The monoisotopic (exact) mass is 227 g/mol. The van der Waals surface area contributed by atoms with Crippen molar-refractivity contribution in [1.29, 1.82) is 0 Å². The molecule has 2 aliphatic rings. The zero-order valence-corrected chi connectivity index (χ0v) is 10.4. The Labute approximate surface area is 98.8 Å². The van der Waals surface area contributed by atoms with Crippen LogP contribution < -0.4 is 0 Å². The molecule has 16 heavy (non-hydrogen) atoms. The summed E-state index contributed by atoms with van der Waals surface area (Å²) in [5.74, 6) is 0.823. The average molecular weight is 227 g/mol. The van der Waals surface area contributed by atoms with E-state index in [2.05, 4.69) is 4.90 Å². The Bertz CT molecular complexity index is 202. The Morgan fingerprint density at radius 2 is 2.06 bits per heavy atom. The van der Waals surface area contributed by atoms with E-state index >= 15 is 0 Å². The van der Waals surface area contributed by atoms with E-state index in [1.165, 1.54) is 38.8 Å². The van der Waals surface area contributed by atoms with Crippen LogP contribution >= 0.6 is 0 Å². The third-order valence-electron chi connectivity index (χ3n) is 3.95. The number of hydrogen-bond acceptors (Lipinski definition) is 3. The first-order valence-electron chi connectivity index (χ1n) is 6.75. The molecule has 94 valence electrons. The summed E-state index contributed by atoms with van der Waals surface area (Å²) in [7, 11) is 0. The van der Waals surface area contributed by atoms with E-state index in [0.29, 0.717) is 6.04 Å². The summed E-state index contributed by atoms with van der Waals surface area (Å²) >= 11 is 0. The lowest BCUT2D eigenvalue weighted by atomic mass is 9.98. The van der Waals surface area contributed by atoms with Crippen LogP contribution in [0.25, 0.3) is 0 Å². The Balaban J connectivity index is 1.78. The Hall–Kier alpha value is -0.120. The molecule has 0 aromatic rings. The van der Waals surface area contributed by atoms with Crippen LogP contribution in [0.5, 0.6) is 0 Å². The second kappa shape index (κ2) is 5.99. The second-order valence-electron chi connectivity index (χ2n) is 5.43. The summed E-state index contributed by atoms with van der Waals surface area (Å²) in [6.45, 7) is 6.25. The fraction of sp³-hybridized carbons (Fsp3) is 1.00. The van der Waals surface area contributed by atoms with Crippen LogP contribution in [-0.4, -0.2) is 48.5 Å². The van der Waals surface area contributed by atoms with E-state index in [1.807, 2.05) is 6.92 Å². The largest absolute Gasteiger partial charge is 0.393 e. The number of likely N-dealkylation sites (tertiary alicyclic amines) is 1. The van der Waals surface area contributed by atoms with Crippen molar-refractivity contribution >= 4 is 0 Å². The Morgan fingerprint density at radius 3 is 2.75 bits per heavy atom. The van der Waals surface area contributed by atoms with Crippen molar-refractivity contribution in [3.05, 3.63) is 0 Å². The van der Waals surface area contributed by atoms with Crippen molar-refractivity contribution in [3.8, 4) is 0 Å². The molecule has 0 bridgehead atoms. The molecule has 2 fully saturated rings. The zero-order valence-electron chi connectivity index (χ0n) is 10.4. The van der Waals surface area contributed by atoms with E-state index in [1.54, 1.807) is 0 Å². The molecule has 0 spiro atoms. The van der Waals surface area contributed by atoms with E-state index in [9.17, 15) is 5.11 Å². The van der Waals surface area contributed by atoms with E-state index in [0.717, 1.165) is 25.6 Å². The van der Waals surface area contributed by atoms with Gasteiger partial charge < -0.3 is 14.7 Å². The van der Waals surface area contributed by atoms with Crippen LogP contribution in [0.4, 0.5) is 0 Å². The number of aliphatic hydroxyl groups excluding tert-OH is 1. The fourth-order valence-electron chi connectivity index (χ4n) is 3.06.